The van der Waals surface area contributed by atoms with E-state index in [-0.39, 0.29) is 11.9 Å². The van der Waals surface area contributed by atoms with Gasteiger partial charge in [-0.05, 0) is 49.2 Å². The van der Waals surface area contributed by atoms with E-state index >= 15 is 0 Å². The second-order valence-corrected chi connectivity index (χ2v) is 7.58. The fourth-order valence-corrected chi connectivity index (χ4v) is 3.11. The quantitative estimate of drug-likeness (QED) is 0.367. The van der Waals surface area contributed by atoms with E-state index in [0.717, 1.165) is 18.4 Å². The van der Waals surface area contributed by atoms with Crippen LogP contribution in [0.1, 0.15) is 52.1 Å². The Kier molecular flexibility index (Phi) is 8.11. The summed E-state index contributed by atoms with van der Waals surface area (Å²) in [5.74, 6) is 1.20. The minimum atomic E-state index is -0.424. The van der Waals surface area contributed by atoms with Gasteiger partial charge in [0.2, 0.25) is 0 Å². The Balaban J connectivity index is 2.32. The molecule has 0 aliphatic carbocycles. The van der Waals surface area contributed by atoms with E-state index in [4.69, 9.17) is 26.4 Å². The zero-order valence-corrected chi connectivity index (χ0v) is 18.1. The number of nitrogens with one attached hydrogen (secondary N) is 2. The summed E-state index contributed by atoms with van der Waals surface area (Å²) < 4.78 is 16.8. The molecule has 7 heteroatoms. The smallest absolute Gasteiger partial charge is 0.338 e. The number of esters is 1. The zero-order chi connectivity index (χ0) is 20.7. The van der Waals surface area contributed by atoms with Gasteiger partial charge < -0.3 is 24.8 Å². The van der Waals surface area contributed by atoms with Crippen molar-refractivity contribution in [3.63, 3.8) is 0 Å². The fraction of sp³-hybridized carbons (Fsp3) is 0.524. The van der Waals surface area contributed by atoms with E-state index < -0.39 is 6.04 Å². The number of ether oxygens (including phenoxy) is 3. The maximum atomic E-state index is 12.7. The van der Waals surface area contributed by atoms with Gasteiger partial charge in [0.05, 0.1) is 31.9 Å². The number of rotatable bonds is 9. The highest BCUT2D eigenvalue weighted by molar-refractivity contribution is 7.80. The van der Waals surface area contributed by atoms with Crippen molar-refractivity contribution in [3.05, 3.63) is 35.0 Å². The molecule has 0 saturated heterocycles. The molecular formula is C21H30N2O4S. The van der Waals surface area contributed by atoms with Gasteiger partial charge in [-0.1, -0.05) is 33.3 Å². The lowest BCUT2D eigenvalue weighted by Gasteiger charge is -2.30. The van der Waals surface area contributed by atoms with E-state index in [1.54, 1.807) is 7.11 Å². The number of hydrogen-bond acceptors (Lipinski definition) is 5. The first-order chi connectivity index (χ1) is 13.4. The Labute approximate surface area is 172 Å². The van der Waals surface area contributed by atoms with Crippen LogP contribution in [0.4, 0.5) is 0 Å². The summed E-state index contributed by atoms with van der Waals surface area (Å²) in [6.45, 7) is 8.94. The van der Waals surface area contributed by atoms with E-state index in [1.807, 2.05) is 39.0 Å². The molecule has 0 amide bonds. The Morgan fingerprint density at radius 2 is 2.04 bits per heavy atom. The van der Waals surface area contributed by atoms with Gasteiger partial charge in [-0.3, -0.25) is 0 Å². The van der Waals surface area contributed by atoms with Crippen LogP contribution in [-0.2, 0) is 9.53 Å². The molecule has 0 radical (unpaired) electrons. The molecule has 1 heterocycles. The van der Waals surface area contributed by atoms with Gasteiger partial charge in [-0.15, -0.1) is 0 Å². The van der Waals surface area contributed by atoms with Crippen molar-refractivity contribution in [3.8, 4) is 11.5 Å². The number of carbonyl (C=O) groups excluding carboxylic acids is 1. The number of carbonyl (C=O) groups is 1. The van der Waals surface area contributed by atoms with Crippen LogP contribution >= 0.6 is 12.2 Å². The third-order valence-electron chi connectivity index (χ3n) is 4.31. The summed E-state index contributed by atoms with van der Waals surface area (Å²) in [5, 5.41) is 6.65. The summed E-state index contributed by atoms with van der Waals surface area (Å²) in [7, 11) is 1.60. The highest BCUT2D eigenvalue weighted by Gasteiger charge is 2.31. The lowest BCUT2D eigenvalue weighted by Crippen LogP contribution is -2.45. The zero-order valence-electron chi connectivity index (χ0n) is 17.3. The van der Waals surface area contributed by atoms with Crippen molar-refractivity contribution < 1.29 is 19.0 Å². The molecule has 0 aromatic heterocycles. The molecule has 1 aliphatic rings. The number of methoxy groups -OCH3 is 1. The van der Waals surface area contributed by atoms with E-state index in [0.29, 0.717) is 41.1 Å². The van der Waals surface area contributed by atoms with Crippen LogP contribution in [0.3, 0.4) is 0 Å². The second kappa shape index (κ2) is 10.3. The van der Waals surface area contributed by atoms with Gasteiger partial charge in [-0.25, -0.2) is 4.79 Å². The average molecular weight is 407 g/mol. The third-order valence-corrected chi connectivity index (χ3v) is 4.53. The maximum Gasteiger partial charge on any atom is 0.338 e. The Morgan fingerprint density at radius 1 is 1.29 bits per heavy atom. The van der Waals surface area contributed by atoms with E-state index in [1.165, 1.54) is 0 Å². The van der Waals surface area contributed by atoms with Crippen molar-refractivity contribution in [2.24, 2.45) is 5.92 Å². The van der Waals surface area contributed by atoms with Crippen molar-refractivity contribution in [2.75, 3.05) is 20.3 Å². The van der Waals surface area contributed by atoms with Crippen LogP contribution in [0, 0.1) is 5.92 Å². The average Bonchev–Trinajstić information content (AvgIpc) is 2.65. The lowest BCUT2D eigenvalue weighted by molar-refractivity contribution is -0.140. The van der Waals surface area contributed by atoms with Crippen molar-refractivity contribution in [1.82, 2.24) is 10.6 Å². The second-order valence-electron chi connectivity index (χ2n) is 7.17. The number of unbranched alkanes of at least 4 members (excludes halogenated alkanes) is 1. The molecular weight excluding hydrogens is 376 g/mol. The summed E-state index contributed by atoms with van der Waals surface area (Å²) >= 11 is 5.30. The lowest BCUT2D eigenvalue weighted by atomic mass is 9.95. The van der Waals surface area contributed by atoms with Crippen LogP contribution in [0.25, 0.3) is 0 Å². The van der Waals surface area contributed by atoms with Crippen LogP contribution < -0.4 is 20.1 Å². The molecule has 0 bridgehead atoms. The van der Waals surface area contributed by atoms with Gasteiger partial charge in [0.25, 0.3) is 0 Å². The monoisotopic (exact) mass is 406 g/mol. The highest BCUT2D eigenvalue weighted by atomic mass is 32.1. The molecule has 6 nitrogen and oxygen atoms in total. The molecule has 154 valence electrons. The molecule has 2 N–H and O–H groups in total. The highest BCUT2D eigenvalue weighted by Crippen LogP contribution is 2.34. The van der Waals surface area contributed by atoms with E-state index in [9.17, 15) is 4.79 Å². The van der Waals surface area contributed by atoms with Gasteiger partial charge in [0.1, 0.15) is 0 Å². The fourth-order valence-electron chi connectivity index (χ4n) is 2.84. The predicted molar refractivity (Wildman–Crippen MR) is 114 cm³/mol. The molecule has 1 aromatic rings. The SMILES string of the molecule is CCCCOc1ccc([C@@H]2NC(=S)NC(C)=C2C(=O)OCC(C)C)cc1OC. The van der Waals surface area contributed by atoms with Crippen LogP contribution in [0.5, 0.6) is 11.5 Å². The summed E-state index contributed by atoms with van der Waals surface area (Å²) in [6, 6.07) is 5.23. The van der Waals surface area contributed by atoms with Crippen LogP contribution in [0.15, 0.2) is 29.5 Å². The third kappa shape index (κ3) is 5.61. The van der Waals surface area contributed by atoms with Crippen molar-refractivity contribution in [1.29, 1.82) is 0 Å². The molecule has 0 fully saturated rings. The number of hydrogen-bond donors (Lipinski definition) is 2. The Hall–Kier alpha value is -2.28. The molecule has 0 spiro atoms. The normalized spacial score (nSPS) is 16.5. The standard InChI is InChI=1S/C21H30N2O4S/c1-6-7-10-26-16-9-8-15(11-17(16)25-5)19-18(14(4)22-21(28)23-19)20(24)27-12-13(2)3/h8-9,11,13,19H,6-7,10,12H2,1-5H3,(H2,22,23,28)/t19-/m0/s1. The van der Waals surface area contributed by atoms with Crippen LogP contribution in [-0.4, -0.2) is 31.4 Å². The Bertz CT molecular complexity index is 746. The van der Waals surface area contributed by atoms with Crippen molar-refractivity contribution >= 4 is 23.3 Å². The van der Waals surface area contributed by atoms with E-state index in [2.05, 4.69) is 17.6 Å². The number of allylic oxidation sites excluding steroid dienone is 1. The summed E-state index contributed by atoms with van der Waals surface area (Å²) in [6.07, 6.45) is 2.03. The molecule has 1 aliphatic heterocycles. The van der Waals surface area contributed by atoms with Crippen molar-refractivity contribution in [2.45, 2.75) is 46.6 Å². The molecule has 0 unspecified atom stereocenters. The van der Waals surface area contributed by atoms with Gasteiger partial charge >= 0.3 is 5.97 Å². The minimum absolute atomic E-state index is 0.258. The molecule has 2 rings (SSSR count). The minimum Gasteiger partial charge on any atom is -0.493 e. The van der Waals surface area contributed by atoms with Gasteiger partial charge in [0.15, 0.2) is 16.6 Å². The Morgan fingerprint density at radius 3 is 2.68 bits per heavy atom. The first-order valence-electron chi connectivity index (χ1n) is 9.63. The summed E-state index contributed by atoms with van der Waals surface area (Å²) in [5.41, 5.74) is 2.04. The summed E-state index contributed by atoms with van der Waals surface area (Å²) in [4.78, 5) is 12.7. The topological polar surface area (TPSA) is 68.8 Å². The number of thiocarbonyl (C=S) groups is 1. The largest absolute Gasteiger partial charge is 0.493 e. The van der Waals surface area contributed by atoms with Gasteiger partial charge in [-0.2, -0.15) is 0 Å². The molecule has 1 aromatic carbocycles. The molecule has 1 atom stereocenters. The van der Waals surface area contributed by atoms with Gasteiger partial charge in [0, 0.05) is 5.70 Å². The first-order valence-corrected chi connectivity index (χ1v) is 10.0. The maximum absolute atomic E-state index is 12.7. The van der Waals surface area contributed by atoms with Crippen LogP contribution in [0.2, 0.25) is 0 Å². The molecule has 0 saturated carbocycles. The first kappa shape index (κ1) is 22.0. The predicted octanol–water partition coefficient (Wildman–Crippen LogP) is 3.87. The number of benzene rings is 1. The molecule has 28 heavy (non-hydrogen) atoms.